The number of aromatic nitrogens is 2. The number of carbonyl (C=O) groups excluding carboxylic acids is 3. The number of nitrogens with one attached hydrogen (secondary N) is 3. The van der Waals surface area contributed by atoms with Crippen LogP contribution in [-0.4, -0.2) is 34.4 Å². The molecule has 0 bridgehead atoms. The van der Waals surface area contributed by atoms with Crippen molar-refractivity contribution in [3.05, 3.63) is 71.8 Å². The topological polar surface area (TPSA) is 114 Å². The first-order valence-electron chi connectivity index (χ1n) is 9.64. The highest BCUT2D eigenvalue weighted by Gasteiger charge is 2.28. The van der Waals surface area contributed by atoms with E-state index in [1.165, 1.54) is 6.92 Å². The van der Waals surface area contributed by atoms with Gasteiger partial charge in [0, 0.05) is 31.0 Å². The Bertz CT molecular complexity index is 1140. The lowest BCUT2D eigenvalue weighted by Crippen LogP contribution is -2.38. The minimum absolute atomic E-state index is 0.145. The standard InChI is InChI=1S/C22H21N5O4/c1-13(28)23-15-5-7-16(8-6-15)24-21(29)19-12-27-11-18(26-22(30)20(27)25-19)14-3-9-17(31-2)10-4-14/h3-10,12,18H,11H2,1-2H3,(H,23,28)(H,24,29)(H,26,30). The van der Waals surface area contributed by atoms with Crippen LogP contribution in [0.4, 0.5) is 11.4 Å². The van der Waals surface area contributed by atoms with Gasteiger partial charge in [0.05, 0.1) is 13.2 Å². The van der Waals surface area contributed by atoms with Crippen LogP contribution in [0.15, 0.2) is 54.7 Å². The molecule has 3 amide bonds. The Kier molecular flexibility index (Phi) is 5.40. The molecule has 0 saturated carbocycles. The summed E-state index contributed by atoms with van der Waals surface area (Å²) in [6.45, 7) is 1.88. The summed E-state index contributed by atoms with van der Waals surface area (Å²) in [6, 6.07) is 13.9. The predicted molar refractivity (Wildman–Crippen MR) is 114 cm³/mol. The van der Waals surface area contributed by atoms with Gasteiger partial charge in [-0.1, -0.05) is 12.1 Å². The quantitative estimate of drug-likeness (QED) is 0.588. The second-order valence-corrected chi connectivity index (χ2v) is 7.11. The van der Waals surface area contributed by atoms with Gasteiger partial charge in [0.25, 0.3) is 11.8 Å². The molecule has 1 unspecified atom stereocenters. The van der Waals surface area contributed by atoms with Crippen LogP contribution in [0.1, 0.15) is 39.6 Å². The van der Waals surface area contributed by atoms with Gasteiger partial charge in [-0.05, 0) is 42.0 Å². The molecule has 2 aromatic carbocycles. The summed E-state index contributed by atoms with van der Waals surface area (Å²) in [6.07, 6.45) is 1.58. The molecule has 0 fully saturated rings. The number of hydrogen-bond acceptors (Lipinski definition) is 5. The molecule has 4 rings (SSSR count). The van der Waals surface area contributed by atoms with Gasteiger partial charge < -0.3 is 25.3 Å². The molecule has 9 heteroatoms. The maximum atomic E-state index is 12.6. The molecule has 1 aromatic heterocycles. The first-order chi connectivity index (χ1) is 14.9. The van der Waals surface area contributed by atoms with Gasteiger partial charge in [0.1, 0.15) is 11.4 Å². The largest absolute Gasteiger partial charge is 0.497 e. The van der Waals surface area contributed by atoms with Crippen molar-refractivity contribution in [2.75, 3.05) is 17.7 Å². The number of methoxy groups -OCH3 is 1. The Hall–Kier alpha value is -4.14. The number of ether oxygens (including phenoxy) is 1. The van der Waals surface area contributed by atoms with Crippen molar-refractivity contribution in [2.45, 2.75) is 19.5 Å². The zero-order valence-corrected chi connectivity index (χ0v) is 17.0. The van der Waals surface area contributed by atoms with E-state index in [1.54, 1.807) is 42.1 Å². The lowest BCUT2D eigenvalue weighted by molar-refractivity contribution is -0.114. The minimum atomic E-state index is -0.428. The minimum Gasteiger partial charge on any atom is -0.497 e. The van der Waals surface area contributed by atoms with E-state index in [2.05, 4.69) is 20.9 Å². The lowest BCUT2D eigenvalue weighted by atomic mass is 10.1. The van der Waals surface area contributed by atoms with E-state index >= 15 is 0 Å². The summed E-state index contributed by atoms with van der Waals surface area (Å²) in [5.41, 5.74) is 2.25. The number of imidazole rings is 1. The number of rotatable bonds is 5. The molecule has 0 radical (unpaired) electrons. The van der Waals surface area contributed by atoms with Crippen molar-refractivity contribution in [3.8, 4) is 5.75 Å². The first-order valence-corrected chi connectivity index (χ1v) is 9.64. The molecule has 0 saturated heterocycles. The van der Waals surface area contributed by atoms with Crippen molar-refractivity contribution < 1.29 is 19.1 Å². The molecule has 1 atom stereocenters. The molecule has 3 aromatic rings. The summed E-state index contributed by atoms with van der Waals surface area (Å²) in [4.78, 5) is 40.4. The van der Waals surface area contributed by atoms with Gasteiger partial charge in [-0.25, -0.2) is 4.98 Å². The average Bonchev–Trinajstić information content (AvgIpc) is 3.20. The van der Waals surface area contributed by atoms with Crippen LogP contribution in [0, 0.1) is 0 Å². The van der Waals surface area contributed by atoms with E-state index in [-0.39, 0.29) is 29.4 Å². The van der Waals surface area contributed by atoms with Crippen LogP contribution >= 0.6 is 0 Å². The monoisotopic (exact) mass is 419 g/mol. The Morgan fingerprint density at radius 2 is 1.71 bits per heavy atom. The summed E-state index contributed by atoms with van der Waals surface area (Å²) < 4.78 is 6.85. The summed E-state index contributed by atoms with van der Waals surface area (Å²) >= 11 is 0. The van der Waals surface area contributed by atoms with Gasteiger partial charge in [-0.3, -0.25) is 14.4 Å². The Morgan fingerprint density at radius 1 is 1.06 bits per heavy atom. The normalized spacial score (nSPS) is 14.9. The fourth-order valence-corrected chi connectivity index (χ4v) is 3.37. The molecule has 158 valence electrons. The molecular weight excluding hydrogens is 398 g/mol. The third-order valence-electron chi connectivity index (χ3n) is 4.88. The Labute approximate surface area is 178 Å². The number of benzene rings is 2. The highest BCUT2D eigenvalue weighted by atomic mass is 16.5. The van der Waals surface area contributed by atoms with Crippen molar-refractivity contribution in [1.82, 2.24) is 14.9 Å². The van der Waals surface area contributed by atoms with Gasteiger partial charge >= 0.3 is 0 Å². The zero-order valence-electron chi connectivity index (χ0n) is 17.0. The first kappa shape index (κ1) is 20.1. The van der Waals surface area contributed by atoms with Crippen molar-refractivity contribution >= 4 is 29.1 Å². The summed E-state index contributed by atoms with van der Waals surface area (Å²) in [7, 11) is 1.60. The smallest absolute Gasteiger partial charge is 0.287 e. The van der Waals surface area contributed by atoms with Crippen LogP contribution in [0.3, 0.4) is 0 Å². The van der Waals surface area contributed by atoms with Crippen LogP contribution in [-0.2, 0) is 11.3 Å². The van der Waals surface area contributed by atoms with E-state index < -0.39 is 5.91 Å². The SMILES string of the molecule is COc1ccc(C2Cn3cc(C(=O)Nc4ccc(NC(C)=O)cc4)nc3C(=O)N2)cc1. The van der Waals surface area contributed by atoms with Gasteiger partial charge in [0.15, 0.2) is 5.82 Å². The van der Waals surface area contributed by atoms with Crippen LogP contribution in [0.25, 0.3) is 0 Å². The van der Waals surface area contributed by atoms with E-state index in [4.69, 9.17) is 4.74 Å². The number of carbonyl (C=O) groups is 3. The molecule has 3 N–H and O–H groups in total. The Balaban J connectivity index is 1.47. The number of nitrogens with zero attached hydrogens (tertiary/aromatic N) is 2. The molecule has 1 aliphatic heterocycles. The fourth-order valence-electron chi connectivity index (χ4n) is 3.37. The van der Waals surface area contributed by atoms with Crippen molar-refractivity contribution in [2.24, 2.45) is 0 Å². The number of fused-ring (bicyclic) bond motifs is 1. The van der Waals surface area contributed by atoms with E-state index in [1.807, 2.05) is 24.3 Å². The molecule has 0 aliphatic carbocycles. The molecule has 2 heterocycles. The van der Waals surface area contributed by atoms with Crippen molar-refractivity contribution in [1.29, 1.82) is 0 Å². The molecule has 1 aliphatic rings. The second kappa shape index (κ2) is 8.31. The number of anilines is 2. The number of hydrogen-bond donors (Lipinski definition) is 3. The lowest BCUT2D eigenvalue weighted by Gasteiger charge is -2.25. The second-order valence-electron chi connectivity index (χ2n) is 7.11. The predicted octanol–water partition coefficient (Wildman–Crippen LogP) is 2.59. The molecule has 0 spiro atoms. The maximum absolute atomic E-state index is 12.6. The highest BCUT2D eigenvalue weighted by Crippen LogP contribution is 2.24. The van der Waals surface area contributed by atoms with E-state index in [0.29, 0.717) is 17.9 Å². The van der Waals surface area contributed by atoms with Gasteiger partial charge in [-0.2, -0.15) is 0 Å². The number of amides is 3. The van der Waals surface area contributed by atoms with Gasteiger partial charge in [-0.15, -0.1) is 0 Å². The van der Waals surface area contributed by atoms with E-state index in [0.717, 1.165) is 11.3 Å². The highest BCUT2D eigenvalue weighted by molar-refractivity contribution is 6.04. The third-order valence-corrected chi connectivity index (χ3v) is 4.88. The van der Waals surface area contributed by atoms with Crippen LogP contribution in [0.5, 0.6) is 5.75 Å². The maximum Gasteiger partial charge on any atom is 0.287 e. The van der Waals surface area contributed by atoms with Crippen LogP contribution < -0.4 is 20.7 Å². The average molecular weight is 419 g/mol. The van der Waals surface area contributed by atoms with E-state index in [9.17, 15) is 14.4 Å². The van der Waals surface area contributed by atoms with Gasteiger partial charge in [0.2, 0.25) is 5.91 Å². The van der Waals surface area contributed by atoms with Crippen molar-refractivity contribution in [3.63, 3.8) is 0 Å². The Morgan fingerprint density at radius 3 is 2.32 bits per heavy atom. The fraction of sp³-hybridized carbons (Fsp3) is 0.182. The molecular formula is C22H21N5O4. The summed E-state index contributed by atoms with van der Waals surface area (Å²) in [5, 5.41) is 8.33. The summed E-state index contributed by atoms with van der Waals surface area (Å²) in [5.74, 6) is -0.0189. The molecule has 9 nitrogen and oxygen atoms in total. The van der Waals surface area contributed by atoms with Crippen LogP contribution in [0.2, 0.25) is 0 Å². The zero-order chi connectivity index (χ0) is 22.0. The third kappa shape index (κ3) is 4.40. The molecule has 31 heavy (non-hydrogen) atoms.